The van der Waals surface area contributed by atoms with Crippen LogP contribution in [0.25, 0.3) is 0 Å². The molecule has 0 radical (unpaired) electrons. The first kappa shape index (κ1) is 25.5. The molecule has 1 heterocycles. The first-order chi connectivity index (χ1) is 15.0. The second-order valence-corrected chi connectivity index (χ2v) is 11.4. The van der Waals surface area contributed by atoms with E-state index in [1.165, 1.54) is 16.4 Å². The van der Waals surface area contributed by atoms with Crippen molar-refractivity contribution < 1.29 is 26.4 Å². The molecule has 0 unspecified atom stereocenters. The monoisotopic (exact) mass is 494 g/mol. The van der Waals surface area contributed by atoms with Gasteiger partial charge in [0.1, 0.15) is 5.82 Å². The average molecular weight is 495 g/mol. The van der Waals surface area contributed by atoms with Gasteiger partial charge in [-0.3, -0.25) is 9.69 Å². The maximum absolute atomic E-state index is 14.2. The molecular formula is C22H30ClF3N2O3S. The van der Waals surface area contributed by atoms with Crippen LogP contribution in [-0.2, 0) is 10.0 Å². The van der Waals surface area contributed by atoms with Crippen molar-refractivity contribution in [1.29, 1.82) is 0 Å². The molecule has 0 spiro atoms. The average Bonchev–Trinajstić information content (AvgIpc) is 2.73. The van der Waals surface area contributed by atoms with Crippen LogP contribution in [0.2, 0.25) is 5.02 Å². The Bertz CT molecular complexity index is 924. The molecule has 10 heteroatoms. The molecule has 180 valence electrons. The number of hydrogen-bond acceptors (Lipinski definition) is 4. The number of rotatable bonds is 8. The van der Waals surface area contributed by atoms with Crippen LogP contribution in [0.1, 0.15) is 62.2 Å². The summed E-state index contributed by atoms with van der Waals surface area (Å²) in [5.41, 5.74) is -0.679. The number of halogens is 4. The van der Waals surface area contributed by atoms with Gasteiger partial charge in [0.25, 0.3) is 0 Å². The zero-order valence-electron chi connectivity index (χ0n) is 18.3. The first-order valence-corrected chi connectivity index (χ1v) is 13.1. The predicted molar refractivity (Wildman–Crippen MR) is 118 cm³/mol. The summed E-state index contributed by atoms with van der Waals surface area (Å²) in [5.74, 6) is -3.73. The van der Waals surface area contributed by atoms with Gasteiger partial charge in [-0.25, -0.2) is 21.6 Å². The largest absolute Gasteiger partial charge is 0.295 e. The highest BCUT2D eigenvalue weighted by atomic mass is 35.5. The lowest BCUT2D eigenvalue weighted by atomic mass is 9.74. The van der Waals surface area contributed by atoms with E-state index < -0.39 is 27.3 Å². The van der Waals surface area contributed by atoms with Gasteiger partial charge in [0.05, 0.1) is 11.3 Å². The number of Topliss-reactive ketones (excluding diaryl/α,β-unsaturated/α-hetero) is 1. The fraction of sp³-hybridized carbons (Fsp3) is 0.682. The van der Waals surface area contributed by atoms with E-state index in [1.807, 2.05) is 6.92 Å². The number of piperazine rings is 1. The molecule has 1 aliphatic carbocycles. The molecule has 32 heavy (non-hydrogen) atoms. The zero-order valence-corrected chi connectivity index (χ0v) is 19.8. The van der Waals surface area contributed by atoms with Gasteiger partial charge in [-0.05, 0) is 43.9 Å². The van der Waals surface area contributed by atoms with Gasteiger partial charge in [0.15, 0.2) is 5.78 Å². The number of ketones is 1. The van der Waals surface area contributed by atoms with E-state index >= 15 is 0 Å². The highest BCUT2D eigenvalue weighted by Gasteiger charge is 2.47. The number of carbonyl (C=O) groups excluding carboxylic acids is 1. The number of hydrogen-bond donors (Lipinski definition) is 0. The first-order valence-electron chi connectivity index (χ1n) is 11.1. The van der Waals surface area contributed by atoms with Gasteiger partial charge in [0.2, 0.25) is 15.9 Å². The summed E-state index contributed by atoms with van der Waals surface area (Å²) in [6.07, 6.45) is 0.779. The molecule has 1 aromatic rings. The maximum Gasteiger partial charge on any atom is 0.248 e. The molecule has 0 N–H and O–H groups in total. The number of carbonyl (C=O) groups is 1. The minimum atomic E-state index is -3.32. The maximum atomic E-state index is 14.2. The van der Waals surface area contributed by atoms with Crippen molar-refractivity contribution in [3.05, 3.63) is 34.6 Å². The van der Waals surface area contributed by atoms with Gasteiger partial charge in [-0.1, -0.05) is 18.5 Å². The van der Waals surface area contributed by atoms with Crippen molar-refractivity contribution in [2.75, 3.05) is 31.9 Å². The van der Waals surface area contributed by atoms with E-state index in [1.54, 1.807) is 0 Å². The van der Waals surface area contributed by atoms with E-state index in [-0.39, 0.29) is 54.2 Å². The third-order valence-corrected chi connectivity index (χ3v) is 9.04. The molecule has 0 aromatic heterocycles. The Labute approximate surface area is 193 Å². The molecule has 0 bridgehead atoms. The van der Waals surface area contributed by atoms with Crippen molar-refractivity contribution in [3.8, 4) is 0 Å². The van der Waals surface area contributed by atoms with Gasteiger partial charge in [0, 0.05) is 56.0 Å². The van der Waals surface area contributed by atoms with E-state index in [4.69, 9.17) is 11.6 Å². The lowest BCUT2D eigenvalue weighted by Gasteiger charge is -2.51. The smallest absolute Gasteiger partial charge is 0.248 e. The molecule has 1 aliphatic heterocycles. The standard InChI is InChI=1S/C22H30ClF3N2O3S/c1-2-15-32(30,31)28-13-11-27(12-14-28)21(7-9-22(25,26)10-8-21)6-5-20(29)18-4-3-17(23)16-19(18)24/h3-4,16H,2,5-15H2,1H3. The van der Waals surface area contributed by atoms with Gasteiger partial charge >= 0.3 is 0 Å². The Morgan fingerprint density at radius 2 is 1.72 bits per heavy atom. The molecular weight excluding hydrogens is 465 g/mol. The Balaban J connectivity index is 1.72. The quantitative estimate of drug-likeness (QED) is 0.489. The molecule has 0 amide bonds. The van der Waals surface area contributed by atoms with Crippen molar-refractivity contribution in [2.45, 2.75) is 63.3 Å². The Hall–Kier alpha value is -1.16. The van der Waals surface area contributed by atoms with E-state index in [0.717, 1.165) is 6.07 Å². The fourth-order valence-electron chi connectivity index (χ4n) is 4.83. The van der Waals surface area contributed by atoms with Crippen LogP contribution in [0.3, 0.4) is 0 Å². The minimum absolute atomic E-state index is 0.0263. The number of alkyl halides is 2. The molecule has 2 fully saturated rings. The van der Waals surface area contributed by atoms with Crippen LogP contribution >= 0.6 is 11.6 Å². The Morgan fingerprint density at radius 3 is 2.28 bits per heavy atom. The summed E-state index contributed by atoms with van der Waals surface area (Å²) in [7, 11) is -3.32. The number of benzene rings is 1. The van der Waals surface area contributed by atoms with Crippen molar-refractivity contribution in [3.63, 3.8) is 0 Å². The summed E-state index contributed by atoms with van der Waals surface area (Å²) >= 11 is 5.76. The third kappa shape index (κ3) is 5.85. The summed E-state index contributed by atoms with van der Waals surface area (Å²) in [4.78, 5) is 14.8. The molecule has 2 aliphatic rings. The van der Waals surface area contributed by atoms with Crippen LogP contribution < -0.4 is 0 Å². The van der Waals surface area contributed by atoms with Crippen LogP contribution in [0.15, 0.2) is 18.2 Å². The van der Waals surface area contributed by atoms with Crippen LogP contribution in [0.4, 0.5) is 13.2 Å². The van der Waals surface area contributed by atoms with Crippen molar-refractivity contribution >= 4 is 27.4 Å². The van der Waals surface area contributed by atoms with Crippen LogP contribution in [-0.4, -0.2) is 66.8 Å². The zero-order chi connectivity index (χ0) is 23.6. The minimum Gasteiger partial charge on any atom is -0.295 e. The van der Waals surface area contributed by atoms with E-state index in [2.05, 4.69) is 4.90 Å². The summed E-state index contributed by atoms with van der Waals surface area (Å²) < 4.78 is 68.3. The third-order valence-electron chi connectivity index (χ3n) is 6.73. The Morgan fingerprint density at radius 1 is 1.09 bits per heavy atom. The summed E-state index contributed by atoms with van der Waals surface area (Å²) in [6.45, 7) is 3.28. The number of sulfonamides is 1. The second-order valence-electron chi connectivity index (χ2n) is 8.83. The topological polar surface area (TPSA) is 57.7 Å². The molecule has 0 atom stereocenters. The van der Waals surface area contributed by atoms with Crippen LogP contribution in [0.5, 0.6) is 0 Å². The second kappa shape index (κ2) is 9.99. The highest BCUT2D eigenvalue weighted by molar-refractivity contribution is 7.89. The highest BCUT2D eigenvalue weighted by Crippen LogP contribution is 2.44. The molecule has 1 saturated heterocycles. The molecule has 1 aromatic carbocycles. The lowest BCUT2D eigenvalue weighted by Crippen LogP contribution is -2.60. The molecule has 5 nitrogen and oxygen atoms in total. The predicted octanol–water partition coefficient (Wildman–Crippen LogP) is 4.75. The van der Waals surface area contributed by atoms with Gasteiger partial charge in [-0.2, -0.15) is 4.31 Å². The van der Waals surface area contributed by atoms with E-state index in [9.17, 15) is 26.4 Å². The van der Waals surface area contributed by atoms with Gasteiger partial charge < -0.3 is 0 Å². The number of nitrogens with zero attached hydrogens (tertiary/aromatic N) is 2. The normalized spacial score (nSPS) is 22.0. The van der Waals surface area contributed by atoms with E-state index in [0.29, 0.717) is 39.0 Å². The molecule has 3 rings (SSSR count). The van der Waals surface area contributed by atoms with Crippen molar-refractivity contribution in [2.24, 2.45) is 0 Å². The summed E-state index contributed by atoms with van der Waals surface area (Å²) in [6, 6.07) is 3.88. The SMILES string of the molecule is CCCS(=O)(=O)N1CCN(C2(CCC(=O)c3ccc(Cl)cc3F)CCC(F)(F)CC2)CC1. The summed E-state index contributed by atoms with van der Waals surface area (Å²) in [5, 5.41) is 0.195. The Kier molecular flexibility index (Phi) is 7.95. The van der Waals surface area contributed by atoms with Crippen molar-refractivity contribution in [1.82, 2.24) is 9.21 Å². The fourth-order valence-corrected chi connectivity index (χ4v) is 6.48. The van der Waals surface area contributed by atoms with Gasteiger partial charge in [-0.15, -0.1) is 0 Å². The lowest BCUT2D eigenvalue weighted by molar-refractivity contribution is -0.0891. The van der Waals surface area contributed by atoms with Crippen LogP contribution in [0, 0.1) is 5.82 Å². The molecule has 1 saturated carbocycles.